The van der Waals surface area contributed by atoms with Crippen LogP contribution in [0.4, 0.5) is 0 Å². The van der Waals surface area contributed by atoms with Crippen LogP contribution in [-0.2, 0) is 6.42 Å². The monoisotopic (exact) mass is 268 g/mol. The van der Waals surface area contributed by atoms with Crippen molar-refractivity contribution >= 4 is 5.78 Å². The number of ether oxygens (including phenoxy) is 1. The summed E-state index contributed by atoms with van der Waals surface area (Å²) in [4.78, 5) is 21.0. The summed E-state index contributed by atoms with van der Waals surface area (Å²) < 4.78 is 5.15. The Morgan fingerprint density at radius 3 is 2.90 bits per heavy atom. The summed E-state index contributed by atoms with van der Waals surface area (Å²) in [7, 11) is 1.51. The SMILES string of the molecule is COc1nccnc1C(=O)C1CCCc2ccccc21. The first kappa shape index (κ1) is 12.8. The van der Waals surface area contributed by atoms with Crippen LogP contribution in [-0.4, -0.2) is 22.9 Å². The second-order valence-electron chi connectivity index (χ2n) is 4.92. The molecule has 1 heterocycles. The number of hydrogen-bond acceptors (Lipinski definition) is 4. The van der Waals surface area contributed by atoms with Crippen molar-refractivity contribution < 1.29 is 9.53 Å². The van der Waals surface area contributed by atoms with Gasteiger partial charge >= 0.3 is 0 Å². The minimum Gasteiger partial charge on any atom is -0.479 e. The lowest BCUT2D eigenvalue weighted by Crippen LogP contribution is -2.20. The number of nitrogens with zero attached hydrogens (tertiary/aromatic N) is 2. The van der Waals surface area contributed by atoms with Gasteiger partial charge in [-0.1, -0.05) is 24.3 Å². The Bertz CT molecular complexity index is 640. The van der Waals surface area contributed by atoms with Gasteiger partial charge in [-0.3, -0.25) is 4.79 Å². The van der Waals surface area contributed by atoms with Crippen LogP contribution in [0.3, 0.4) is 0 Å². The molecule has 0 fully saturated rings. The van der Waals surface area contributed by atoms with Gasteiger partial charge in [0.1, 0.15) is 0 Å². The lowest BCUT2D eigenvalue weighted by Gasteiger charge is -2.24. The van der Waals surface area contributed by atoms with E-state index in [4.69, 9.17) is 4.74 Å². The fraction of sp³-hybridized carbons (Fsp3) is 0.312. The van der Waals surface area contributed by atoms with E-state index in [0.717, 1.165) is 24.8 Å². The highest BCUT2D eigenvalue weighted by Crippen LogP contribution is 2.34. The van der Waals surface area contributed by atoms with Crippen molar-refractivity contribution in [2.24, 2.45) is 0 Å². The Kier molecular flexibility index (Phi) is 3.46. The maximum atomic E-state index is 12.8. The Morgan fingerprint density at radius 1 is 1.25 bits per heavy atom. The maximum absolute atomic E-state index is 12.8. The number of rotatable bonds is 3. The summed E-state index contributed by atoms with van der Waals surface area (Å²) in [6.45, 7) is 0. The molecule has 0 spiro atoms. The molecule has 4 nitrogen and oxygen atoms in total. The van der Waals surface area contributed by atoms with Gasteiger partial charge in [0.05, 0.1) is 7.11 Å². The molecule has 0 bridgehead atoms. The van der Waals surface area contributed by atoms with Gasteiger partial charge in [-0.05, 0) is 30.4 Å². The first-order valence-electron chi connectivity index (χ1n) is 6.78. The molecular formula is C16H16N2O2. The number of aryl methyl sites for hydroxylation is 1. The summed E-state index contributed by atoms with van der Waals surface area (Å²) in [5.41, 5.74) is 2.72. The molecule has 0 saturated heterocycles. The minimum atomic E-state index is -0.134. The molecule has 1 aliphatic carbocycles. The summed E-state index contributed by atoms with van der Waals surface area (Å²) in [6, 6.07) is 8.15. The van der Waals surface area contributed by atoms with E-state index in [1.807, 2.05) is 18.2 Å². The van der Waals surface area contributed by atoms with Gasteiger partial charge in [0.15, 0.2) is 11.5 Å². The molecule has 1 aliphatic rings. The van der Waals surface area contributed by atoms with Gasteiger partial charge in [-0.25, -0.2) is 9.97 Å². The number of aromatic nitrogens is 2. The maximum Gasteiger partial charge on any atom is 0.243 e. The highest BCUT2D eigenvalue weighted by atomic mass is 16.5. The molecule has 4 heteroatoms. The van der Waals surface area contributed by atoms with Crippen LogP contribution in [0.15, 0.2) is 36.7 Å². The molecule has 102 valence electrons. The van der Waals surface area contributed by atoms with Crippen molar-refractivity contribution in [1.82, 2.24) is 9.97 Å². The summed E-state index contributed by atoms with van der Waals surface area (Å²) in [5, 5.41) is 0. The van der Waals surface area contributed by atoms with E-state index in [9.17, 15) is 4.79 Å². The average Bonchev–Trinajstić information content (AvgIpc) is 2.53. The van der Waals surface area contributed by atoms with Gasteiger partial charge in [0.2, 0.25) is 5.88 Å². The Labute approximate surface area is 117 Å². The molecular weight excluding hydrogens is 252 g/mol. The zero-order valence-corrected chi connectivity index (χ0v) is 11.4. The normalized spacial score (nSPS) is 17.4. The van der Waals surface area contributed by atoms with E-state index in [0.29, 0.717) is 11.6 Å². The van der Waals surface area contributed by atoms with Crippen LogP contribution < -0.4 is 4.74 Å². The van der Waals surface area contributed by atoms with Gasteiger partial charge in [-0.15, -0.1) is 0 Å². The number of hydrogen-bond donors (Lipinski definition) is 0. The summed E-state index contributed by atoms with van der Waals surface area (Å²) >= 11 is 0. The fourth-order valence-electron chi connectivity index (χ4n) is 2.83. The molecule has 2 aromatic rings. The van der Waals surface area contributed by atoms with Crippen LogP contribution in [0, 0.1) is 0 Å². The van der Waals surface area contributed by atoms with Crippen molar-refractivity contribution in [3.63, 3.8) is 0 Å². The number of methoxy groups -OCH3 is 1. The molecule has 0 amide bonds. The first-order valence-corrected chi connectivity index (χ1v) is 6.78. The third-order valence-corrected chi connectivity index (χ3v) is 3.78. The summed E-state index contributed by atoms with van der Waals surface area (Å²) in [6.07, 6.45) is 5.98. The zero-order chi connectivity index (χ0) is 13.9. The standard InChI is InChI=1S/C16H16N2O2/c1-20-16-14(17-9-10-18-16)15(19)13-8-4-6-11-5-2-3-7-12(11)13/h2-3,5,7,9-10,13H,4,6,8H2,1H3. The first-order chi connectivity index (χ1) is 9.81. The lowest BCUT2D eigenvalue weighted by molar-refractivity contribution is 0.0941. The molecule has 1 aromatic carbocycles. The predicted molar refractivity (Wildman–Crippen MR) is 75.0 cm³/mol. The smallest absolute Gasteiger partial charge is 0.243 e. The lowest BCUT2D eigenvalue weighted by atomic mass is 9.80. The quantitative estimate of drug-likeness (QED) is 0.803. The fourth-order valence-corrected chi connectivity index (χ4v) is 2.83. The second-order valence-corrected chi connectivity index (χ2v) is 4.92. The van der Waals surface area contributed by atoms with Gasteiger partial charge < -0.3 is 4.74 Å². The second kappa shape index (κ2) is 5.41. The van der Waals surface area contributed by atoms with Crippen molar-refractivity contribution in [3.8, 4) is 5.88 Å². The Morgan fingerprint density at radius 2 is 2.05 bits per heavy atom. The van der Waals surface area contributed by atoms with E-state index in [1.165, 1.54) is 25.1 Å². The number of fused-ring (bicyclic) bond motifs is 1. The van der Waals surface area contributed by atoms with Crippen LogP contribution in [0.1, 0.15) is 40.4 Å². The number of ketones is 1. The number of carbonyl (C=O) groups is 1. The molecule has 0 N–H and O–H groups in total. The average molecular weight is 268 g/mol. The van der Waals surface area contributed by atoms with Gasteiger partial charge in [0.25, 0.3) is 0 Å². The highest BCUT2D eigenvalue weighted by Gasteiger charge is 2.29. The number of benzene rings is 1. The molecule has 0 radical (unpaired) electrons. The molecule has 3 rings (SSSR count). The van der Waals surface area contributed by atoms with Crippen LogP contribution in [0.5, 0.6) is 5.88 Å². The van der Waals surface area contributed by atoms with Crippen molar-refractivity contribution in [1.29, 1.82) is 0 Å². The van der Waals surface area contributed by atoms with E-state index in [-0.39, 0.29) is 11.7 Å². The van der Waals surface area contributed by atoms with E-state index in [1.54, 1.807) is 0 Å². The minimum absolute atomic E-state index is 0.00194. The molecule has 1 atom stereocenters. The highest BCUT2D eigenvalue weighted by molar-refractivity contribution is 6.01. The largest absolute Gasteiger partial charge is 0.479 e. The third-order valence-electron chi connectivity index (χ3n) is 3.78. The molecule has 0 saturated carbocycles. The number of carbonyl (C=O) groups excluding carboxylic acids is 1. The molecule has 1 unspecified atom stereocenters. The topological polar surface area (TPSA) is 52.1 Å². The molecule has 1 aromatic heterocycles. The third kappa shape index (κ3) is 2.18. The molecule has 0 aliphatic heterocycles. The predicted octanol–water partition coefficient (Wildman–Crippen LogP) is 2.79. The Hall–Kier alpha value is -2.23. The van der Waals surface area contributed by atoms with Crippen molar-refractivity contribution in [3.05, 3.63) is 53.5 Å². The van der Waals surface area contributed by atoms with E-state index >= 15 is 0 Å². The van der Waals surface area contributed by atoms with Gasteiger partial charge in [0, 0.05) is 18.3 Å². The summed E-state index contributed by atoms with van der Waals surface area (Å²) in [5.74, 6) is 0.174. The van der Waals surface area contributed by atoms with E-state index in [2.05, 4.69) is 16.0 Å². The van der Waals surface area contributed by atoms with Crippen LogP contribution >= 0.6 is 0 Å². The number of Topliss-reactive ketones (excluding diaryl/α,β-unsaturated/α-hetero) is 1. The van der Waals surface area contributed by atoms with Crippen molar-refractivity contribution in [2.75, 3.05) is 7.11 Å². The van der Waals surface area contributed by atoms with Crippen molar-refractivity contribution in [2.45, 2.75) is 25.2 Å². The van der Waals surface area contributed by atoms with Crippen LogP contribution in [0.25, 0.3) is 0 Å². The zero-order valence-electron chi connectivity index (χ0n) is 11.4. The van der Waals surface area contributed by atoms with Gasteiger partial charge in [-0.2, -0.15) is 0 Å². The molecule has 20 heavy (non-hydrogen) atoms. The Balaban J connectivity index is 2.00. The van der Waals surface area contributed by atoms with Crippen LogP contribution in [0.2, 0.25) is 0 Å². The van der Waals surface area contributed by atoms with E-state index < -0.39 is 0 Å².